The number of hydrogen-bond acceptors (Lipinski definition) is 4. The maximum Gasteiger partial charge on any atom is 0.251 e. The summed E-state index contributed by atoms with van der Waals surface area (Å²) in [5.74, 6) is 1.89. The molecule has 2 rings (SSSR count). The minimum atomic E-state index is -0.134. The van der Waals surface area contributed by atoms with Crippen molar-refractivity contribution in [3.05, 3.63) is 53.6 Å². The number of methoxy groups -OCH3 is 2. The van der Waals surface area contributed by atoms with Crippen molar-refractivity contribution in [2.24, 2.45) is 0 Å². The topological polar surface area (TPSA) is 56.8 Å². The Morgan fingerprint density at radius 3 is 2.38 bits per heavy atom. The minimum absolute atomic E-state index is 0.134. The van der Waals surface area contributed by atoms with Gasteiger partial charge in [-0.3, -0.25) is 4.79 Å². The second-order valence-corrected chi connectivity index (χ2v) is 5.92. The molecule has 5 heteroatoms. The highest BCUT2D eigenvalue weighted by Gasteiger charge is 2.10. The van der Waals surface area contributed by atoms with Gasteiger partial charge in [-0.15, -0.1) is 0 Å². The first kappa shape index (κ1) is 19.6. The summed E-state index contributed by atoms with van der Waals surface area (Å²) < 4.78 is 16.1. The van der Waals surface area contributed by atoms with Gasteiger partial charge in [-0.05, 0) is 48.7 Å². The second kappa shape index (κ2) is 10.3. The smallest absolute Gasteiger partial charge is 0.251 e. The second-order valence-electron chi connectivity index (χ2n) is 5.92. The fraction of sp³-hybridized carbons (Fsp3) is 0.381. The van der Waals surface area contributed by atoms with Crippen LogP contribution in [0.5, 0.6) is 17.2 Å². The third-order valence-corrected chi connectivity index (χ3v) is 4.03. The maximum absolute atomic E-state index is 12.3. The third kappa shape index (κ3) is 5.69. The van der Waals surface area contributed by atoms with Crippen LogP contribution in [0.2, 0.25) is 0 Å². The molecule has 0 fully saturated rings. The Balaban J connectivity index is 1.82. The molecule has 0 saturated heterocycles. The lowest BCUT2D eigenvalue weighted by Gasteiger charge is -2.10. The Bertz CT molecular complexity index is 698. The molecule has 0 aliphatic rings. The van der Waals surface area contributed by atoms with E-state index in [-0.39, 0.29) is 5.91 Å². The zero-order valence-corrected chi connectivity index (χ0v) is 15.7. The first-order valence-corrected chi connectivity index (χ1v) is 8.90. The van der Waals surface area contributed by atoms with E-state index in [1.807, 2.05) is 24.3 Å². The van der Waals surface area contributed by atoms with Gasteiger partial charge in [0, 0.05) is 12.1 Å². The Labute approximate surface area is 155 Å². The van der Waals surface area contributed by atoms with E-state index < -0.39 is 0 Å². The first-order chi connectivity index (χ1) is 12.7. The van der Waals surface area contributed by atoms with Gasteiger partial charge in [0.25, 0.3) is 5.91 Å². The molecule has 0 radical (unpaired) electrons. The van der Waals surface area contributed by atoms with Crippen LogP contribution in [0.4, 0.5) is 0 Å². The molecule has 0 saturated carbocycles. The Hall–Kier alpha value is -2.69. The molecule has 5 nitrogen and oxygen atoms in total. The van der Waals surface area contributed by atoms with E-state index in [1.165, 1.54) is 0 Å². The maximum atomic E-state index is 12.3. The summed E-state index contributed by atoms with van der Waals surface area (Å²) in [6.45, 7) is 3.45. The summed E-state index contributed by atoms with van der Waals surface area (Å²) in [5, 5.41) is 2.93. The zero-order valence-electron chi connectivity index (χ0n) is 15.7. The van der Waals surface area contributed by atoms with Crippen molar-refractivity contribution in [2.45, 2.75) is 26.2 Å². The van der Waals surface area contributed by atoms with Gasteiger partial charge in [-0.25, -0.2) is 0 Å². The van der Waals surface area contributed by atoms with Gasteiger partial charge in [-0.1, -0.05) is 25.5 Å². The Morgan fingerprint density at radius 1 is 1.00 bits per heavy atom. The van der Waals surface area contributed by atoms with Crippen molar-refractivity contribution in [2.75, 3.05) is 27.4 Å². The summed E-state index contributed by atoms with van der Waals surface area (Å²) in [5.41, 5.74) is 1.70. The molecule has 0 aliphatic carbocycles. The normalized spacial score (nSPS) is 10.3. The number of rotatable bonds is 10. The largest absolute Gasteiger partial charge is 0.494 e. The van der Waals surface area contributed by atoms with E-state index in [0.29, 0.717) is 23.6 Å². The van der Waals surface area contributed by atoms with E-state index >= 15 is 0 Å². The number of benzene rings is 2. The van der Waals surface area contributed by atoms with Crippen molar-refractivity contribution in [3.8, 4) is 17.2 Å². The van der Waals surface area contributed by atoms with E-state index in [1.54, 1.807) is 32.4 Å². The number of amides is 1. The average Bonchev–Trinajstić information content (AvgIpc) is 2.68. The van der Waals surface area contributed by atoms with Crippen LogP contribution in [-0.2, 0) is 6.42 Å². The van der Waals surface area contributed by atoms with Crippen LogP contribution < -0.4 is 19.5 Å². The molecule has 0 spiro atoms. The van der Waals surface area contributed by atoms with Crippen LogP contribution in [0.3, 0.4) is 0 Å². The molecule has 2 aromatic carbocycles. The fourth-order valence-electron chi connectivity index (χ4n) is 2.49. The van der Waals surface area contributed by atoms with Crippen LogP contribution in [-0.4, -0.2) is 33.3 Å². The summed E-state index contributed by atoms with van der Waals surface area (Å²) in [4.78, 5) is 12.3. The number of hydrogen-bond donors (Lipinski definition) is 1. The predicted octanol–water partition coefficient (Wildman–Crippen LogP) is 3.86. The van der Waals surface area contributed by atoms with Crippen molar-refractivity contribution in [1.29, 1.82) is 0 Å². The number of nitrogens with one attached hydrogen (secondary N) is 1. The SMILES string of the molecule is CCCCOc1ccc(CCNC(=O)c2ccc(OC)c(OC)c2)cc1. The third-order valence-electron chi connectivity index (χ3n) is 4.03. The molecular formula is C21H27NO4. The first-order valence-electron chi connectivity index (χ1n) is 8.90. The lowest BCUT2D eigenvalue weighted by Crippen LogP contribution is -2.25. The van der Waals surface area contributed by atoms with Crippen LogP contribution in [0.25, 0.3) is 0 Å². The van der Waals surface area contributed by atoms with Crippen molar-refractivity contribution >= 4 is 5.91 Å². The monoisotopic (exact) mass is 357 g/mol. The van der Waals surface area contributed by atoms with Crippen molar-refractivity contribution < 1.29 is 19.0 Å². The molecule has 0 unspecified atom stereocenters. The molecule has 0 bridgehead atoms. The van der Waals surface area contributed by atoms with Gasteiger partial charge in [0.1, 0.15) is 5.75 Å². The highest BCUT2D eigenvalue weighted by Crippen LogP contribution is 2.27. The van der Waals surface area contributed by atoms with E-state index in [2.05, 4.69) is 12.2 Å². The van der Waals surface area contributed by atoms with E-state index in [4.69, 9.17) is 14.2 Å². The van der Waals surface area contributed by atoms with Gasteiger partial charge in [0.05, 0.1) is 20.8 Å². The van der Waals surface area contributed by atoms with Gasteiger partial charge in [-0.2, -0.15) is 0 Å². The van der Waals surface area contributed by atoms with Gasteiger partial charge >= 0.3 is 0 Å². The molecule has 140 valence electrons. The van der Waals surface area contributed by atoms with Gasteiger partial charge in [0.2, 0.25) is 0 Å². The molecule has 1 amide bonds. The molecule has 0 atom stereocenters. The zero-order chi connectivity index (χ0) is 18.8. The van der Waals surface area contributed by atoms with E-state index in [0.717, 1.165) is 37.2 Å². The van der Waals surface area contributed by atoms with Gasteiger partial charge in [0.15, 0.2) is 11.5 Å². The molecule has 2 aromatic rings. The molecule has 0 aromatic heterocycles. The summed E-state index contributed by atoms with van der Waals surface area (Å²) in [7, 11) is 3.12. The van der Waals surface area contributed by atoms with Crippen molar-refractivity contribution in [3.63, 3.8) is 0 Å². The number of carbonyl (C=O) groups excluding carboxylic acids is 1. The lowest BCUT2D eigenvalue weighted by atomic mass is 10.1. The minimum Gasteiger partial charge on any atom is -0.494 e. The summed E-state index contributed by atoms with van der Waals surface area (Å²) in [6, 6.07) is 13.1. The molecule has 0 heterocycles. The standard InChI is InChI=1S/C21H27NO4/c1-4-5-14-26-18-9-6-16(7-10-18)12-13-22-21(23)17-8-11-19(24-2)20(15-17)25-3/h6-11,15H,4-5,12-14H2,1-3H3,(H,22,23). The molecule has 0 aliphatic heterocycles. The van der Waals surface area contributed by atoms with Crippen LogP contribution >= 0.6 is 0 Å². The quantitative estimate of drug-likeness (QED) is 0.656. The highest BCUT2D eigenvalue weighted by atomic mass is 16.5. The average molecular weight is 357 g/mol. The summed E-state index contributed by atoms with van der Waals surface area (Å²) >= 11 is 0. The van der Waals surface area contributed by atoms with Gasteiger partial charge < -0.3 is 19.5 Å². The fourth-order valence-corrected chi connectivity index (χ4v) is 2.49. The van der Waals surface area contributed by atoms with Crippen LogP contribution in [0.15, 0.2) is 42.5 Å². The van der Waals surface area contributed by atoms with Crippen LogP contribution in [0.1, 0.15) is 35.7 Å². The van der Waals surface area contributed by atoms with Crippen LogP contribution in [0, 0.1) is 0 Å². The molecule has 1 N–H and O–H groups in total. The highest BCUT2D eigenvalue weighted by molar-refractivity contribution is 5.94. The van der Waals surface area contributed by atoms with Crippen molar-refractivity contribution in [1.82, 2.24) is 5.32 Å². The lowest BCUT2D eigenvalue weighted by molar-refractivity contribution is 0.0953. The van der Waals surface area contributed by atoms with E-state index in [9.17, 15) is 4.79 Å². The predicted molar refractivity (Wildman–Crippen MR) is 102 cm³/mol. The Kier molecular flexibility index (Phi) is 7.80. The number of carbonyl (C=O) groups is 1. The molecular weight excluding hydrogens is 330 g/mol. The summed E-state index contributed by atoms with van der Waals surface area (Å²) in [6.07, 6.45) is 2.94. The Morgan fingerprint density at radius 2 is 1.73 bits per heavy atom. The molecule has 26 heavy (non-hydrogen) atoms. The number of ether oxygens (including phenoxy) is 3. The number of unbranched alkanes of at least 4 members (excludes halogenated alkanes) is 1.